The average molecular weight is 464 g/mol. The molecule has 2 aromatic rings. The first-order valence-electron chi connectivity index (χ1n) is 11.8. The highest BCUT2D eigenvalue weighted by Crippen LogP contribution is 2.56. The number of carbonyl (C=O) groups is 3. The maximum atomic E-state index is 13.3. The Hall–Kier alpha value is -2.86. The second-order valence-electron chi connectivity index (χ2n) is 9.68. The first-order chi connectivity index (χ1) is 16.0. The van der Waals surface area contributed by atoms with Crippen molar-refractivity contribution in [2.75, 3.05) is 36.0 Å². The monoisotopic (exact) mass is 463 g/mol. The van der Waals surface area contributed by atoms with Gasteiger partial charge in [-0.25, -0.2) is 0 Å². The van der Waals surface area contributed by atoms with Gasteiger partial charge >= 0.3 is 0 Å². The number of hydrogen-bond acceptors (Lipinski definition) is 4. The van der Waals surface area contributed by atoms with Crippen LogP contribution in [0.1, 0.15) is 29.6 Å². The predicted molar refractivity (Wildman–Crippen MR) is 126 cm³/mol. The molecule has 0 radical (unpaired) electrons. The van der Waals surface area contributed by atoms with Crippen LogP contribution in [0, 0.1) is 23.7 Å². The number of hydrogen-bond donors (Lipinski definition) is 0. The van der Waals surface area contributed by atoms with Gasteiger partial charge in [0.15, 0.2) is 0 Å². The lowest BCUT2D eigenvalue weighted by atomic mass is 9.81. The second-order valence-corrected chi connectivity index (χ2v) is 10.1. The number of halogens is 1. The first-order valence-corrected chi connectivity index (χ1v) is 12.2. The highest BCUT2D eigenvalue weighted by atomic mass is 35.5. The predicted octanol–water partition coefficient (Wildman–Crippen LogP) is 3.84. The Labute approximate surface area is 198 Å². The number of fused-ring (bicyclic) bond motifs is 5. The SMILES string of the molecule is O=C(c1cc(N2C(=O)[C@H]3[C@H]4CC[C@@H](C4)[C@@H]3C2=O)ccc1Cl)N1CCN(c2ccccc2)CC1. The normalized spacial score (nSPS) is 28.6. The van der Waals surface area contributed by atoms with E-state index in [1.54, 1.807) is 23.1 Å². The van der Waals surface area contributed by atoms with Gasteiger partial charge in [0.1, 0.15) is 0 Å². The van der Waals surface area contributed by atoms with Crippen molar-refractivity contribution in [2.45, 2.75) is 19.3 Å². The van der Waals surface area contributed by atoms with Gasteiger partial charge in [-0.2, -0.15) is 0 Å². The Morgan fingerprint density at radius 1 is 0.818 bits per heavy atom. The van der Waals surface area contributed by atoms with E-state index in [9.17, 15) is 14.4 Å². The molecule has 0 spiro atoms. The molecule has 6 nitrogen and oxygen atoms in total. The molecule has 2 saturated carbocycles. The van der Waals surface area contributed by atoms with Crippen LogP contribution in [-0.4, -0.2) is 48.8 Å². The largest absolute Gasteiger partial charge is 0.368 e. The Balaban J connectivity index is 1.21. The number of benzene rings is 2. The van der Waals surface area contributed by atoms with Crippen LogP contribution >= 0.6 is 11.6 Å². The number of rotatable bonds is 3. The van der Waals surface area contributed by atoms with Gasteiger partial charge in [-0.15, -0.1) is 0 Å². The van der Waals surface area contributed by atoms with Crippen LogP contribution in [0.4, 0.5) is 11.4 Å². The molecule has 2 aliphatic carbocycles. The molecule has 0 N–H and O–H groups in total. The minimum atomic E-state index is -0.183. The van der Waals surface area contributed by atoms with E-state index in [0.717, 1.165) is 38.0 Å². The van der Waals surface area contributed by atoms with Crippen LogP contribution in [0.15, 0.2) is 48.5 Å². The van der Waals surface area contributed by atoms with Gasteiger partial charge in [0, 0.05) is 31.9 Å². The van der Waals surface area contributed by atoms with Gasteiger partial charge in [0.05, 0.1) is 28.1 Å². The van der Waals surface area contributed by atoms with Crippen molar-refractivity contribution < 1.29 is 14.4 Å². The van der Waals surface area contributed by atoms with E-state index in [-0.39, 0.29) is 29.6 Å². The van der Waals surface area contributed by atoms with Crippen LogP contribution in [0.2, 0.25) is 5.02 Å². The van der Waals surface area contributed by atoms with Crippen molar-refractivity contribution in [3.8, 4) is 0 Å². The van der Waals surface area contributed by atoms with Crippen molar-refractivity contribution in [1.82, 2.24) is 4.90 Å². The third kappa shape index (κ3) is 3.26. The molecular weight excluding hydrogens is 438 g/mol. The fourth-order valence-corrected chi connectivity index (χ4v) is 6.65. The van der Waals surface area contributed by atoms with Gasteiger partial charge < -0.3 is 9.80 Å². The number of para-hydroxylation sites is 1. The van der Waals surface area contributed by atoms with Crippen molar-refractivity contribution in [3.05, 3.63) is 59.1 Å². The Morgan fingerprint density at radius 2 is 1.45 bits per heavy atom. The fraction of sp³-hybridized carbons (Fsp3) is 0.423. The Kier molecular flexibility index (Phi) is 4.94. The lowest BCUT2D eigenvalue weighted by Gasteiger charge is -2.36. The van der Waals surface area contributed by atoms with Gasteiger partial charge in [0.25, 0.3) is 5.91 Å². The Bertz CT molecular complexity index is 1100. The standard InChI is InChI=1S/C26H26ClN3O3/c27-21-9-8-19(30-25(32)22-16-6-7-17(14-16)23(22)26(30)33)15-20(21)24(31)29-12-10-28(11-13-29)18-4-2-1-3-5-18/h1-5,8-9,15-17,22-23H,6-7,10-14H2/t16-,17-,22-,23-/m0/s1. The second kappa shape index (κ2) is 7.87. The molecule has 3 amide bonds. The first kappa shape index (κ1) is 20.7. The van der Waals surface area contributed by atoms with Gasteiger partial charge in [-0.3, -0.25) is 19.3 Å². The zero-order valence-corrected chi connectivity index (χ0v) is 19.1. The van der Waals surface area contributed by atoms with Crippen molar-refractivity contribution in [2.24, 2.45) is 23.7 Å². The third-order valence-electron chi connectivity index (χ3n) is 8.05. The molecule has 4 fully saturated rings. The molecule has 2 heterocycles. The molecule has 2 aromatic carbocycles. The van der Waals surface area contributed by atoms with E-state index in [0.29, 0.717) is 41.2 Å². The summed E-state index contributed by atoms with van der Waals surface area (Å²) < 4.78 is 0. The minimum absolute atomic E-state index is 0.102. The number of anilines is 2. The summed E-state index contributed by atoms with van der Waals surface area (Å²) in [5, 5.41) is 0.341. The van der Waals surface area contributed by atoms with Crippen LogP contribution in [0.5, 0.6) is 0 Å². The van der Waals surface area contributed by atoms with E-state index in [1.807, 2.05) is 18.2 Å². The molecule has 2 bridgehead atoms. The minimum Gasteiger partial charge on any atom is -0.368 e. The fourth-order valence-electron chi connectivity index (χ4n) is 6.46. The zero-order valence-electron chi connectivity index (χ0n) is 18.3. The molecule has 170 valence electrons. The summed E-state index contributed by atoms with van der Waals surface area (Å²) in [5.74, 6) is -0.0708. The quantitative estimate of drug-likeness (QED) is 0.649. The molecule has 33 heavy (non-hydrogen) atoms. The number of nitrogens with zero attached hydrogens (tertiary/aromatic N) is 3. The summed E-state index contributed by atoms with van der Waals surface area (Å²) in [7, 11) is 0. The maximum absolute atomic E-state index is 13.3. The number of carbonyl (C=O) groups excluding carboxylic acids is 3. The zero-order chi connectivity index (χ0) is 22.7. The molecule has 4 aliphatic rings. The summed E-state index contributed by atoms with van der Waals surface area (Å²) in [6, 6.07) is 15.1. The van der Waals surface area contributed by atoms with Crippen LogP contribution in [0.25, 0.3) is 0 Å². The van der Waals surface area contributed by atoms with Gasteiger partial charge in [-0.05, 0) is 61.4 Å². The summed E-state index contributed by atoms with van der Waals surface area (Å²) in [5.41, 5.74) is 1.97. The van der Waals surface area contributed by atoms with Crippen LogP contribution in [0.3, 0.4) is 0 Å². The average Bonchev–Trinajstić information content (AvgIpc) is 3.54. The van der Waals surface area contributed by atoms with Gasteiger partial charge in [0.2, 0.25) is 11.8 Å². The lowest BCUT2D eigenvalue weighted by Crippen LogP contribution is -2.48. The Morgan fingerprint density at radius 3 is 2.09 bits per heavy atom. The topological polar surface area (TPSA) is 60.9 Å². The molecule has 0 aromatic heterocycles. The van der Waals surface area contributed by atoms with E-state index in [4.69, 9.17) is 11.6 Å². The van der Waals surface area contributed by atoms with E-state index < -0.39 is 0 Å². The number of imide groups is 1. The highest BCUT2D eigenvalue weighted by molar-refractivity contribution is 6.34. The molecule has 0 unspecified atom stereocenters. The van der Waals surface area contributed by atoms with Crippen LogP contribution < -0.4 is 9.80 Å². The summed E-state index contributed by atoms with van der Waals surface area (Å²) in [6.07, 6.45) is 3.08. The molecular formula is C26H26ClN3O3. The third-order valence-corrected chi connectivity index (χ3v) is 8.38. The lowest BCUT2D eigenvalue weighted by molar-refractivity contribution is -0.123. The number of piperazine rings is 1. The smallest absolute Gasteiger partial charge is 0.255 e. The van der Waals surface area contributed by atoms with Crippen molar-refractivity contribution >= 4 is 40.7 Å². The highest BCUT2D eigenvalue weighted by Gasteiger charge is 2.61. The van der Waals surface area contributed by atoms with E-state index in [2.05, 4.69) is 17.0 Å². The molecule has 2 saturated heterocycles. The summed E-state index contributed by atoms with van der Waals surface area (Å²) in [4.78, 5) is 45.1. The number of amides is 3. The molecule has 2 aliphatic heterocycles. The summed E-state index contributed by atoms with van der Waals surface area (Å²) >= 11 is 6.42. The van der Waals surface area contributed by atoms with E-state index in [1.165, 1.54) is 4.90 Å². The molecule has 4 atom stereocenters. The summed E-state index contributed by atoms with van der Waals surface area (Å²) in [6.45, 7) is 2.65. The van der Waals surface area contributed by atoms with Crippen molar-refractivity contribution in [3.63, 3.8) is 0 Å². The maximum Gasteiger partial charge on any atom is 0.255 e. The molecule has 6 rings (SSSR count). The van der Waals surface area contributed by atoms with Crippen molar-refractivity contribution in [1.29, 1.82) is 0 Å². The van der Waals surface area contributed by atoms with Gasteiger partial charge in [-0.1, -0.05) is 29.8 Å². The molecule has 7 heteroatoms. The van der Waals surface area contributed by atoms with E-state index >= 15 is 0 Å². The van der Waals surface area contributed by atoms with Crippen LogP contribution in [-0.2, 0) is 9.59 Å².